The molecule has 0 spiro atoms. The third-order valence-corrected chi connectivity index (χ3v) is 4.25. The quantitative estimate of drug-likeness (QED) is 0.817. The summed E-state index contributed by atoms with van der Waals surface area (Å²) in [5.41, 5.74) is 5.27. The van der Waals surface area contributed by atoms with Crippen molar-refractivity contribution in [2.75, 3.05) is 5.32 Å². The first kappa shape index (κ1) is 16.2. The molecule has 0 aromatic carbocycles. The molecule has 2 rings (SSSR count). The third kappa shape index (κ3) is 4.40. The highest BCUT2D eigenvalue weighted by molar-refractivity contribution is 9.10. The summed E-state index contributed by atoms with van der Waals surface area (Å²) in [5.74, 6) is 1.51. The highest BCUT2D eigenvalue weighted by atomic mass is 79.9. The number of anilines is 1. The van der Waals surface area contributed by atoms with E-state index in [0.717, 1.165) is 41.9 Å². The number of aromatic nitrogens is 2. The summed E-state index contributed by atoms with van der Waals surface area (Å²) in [7, 11) is 0. The summed E-state index contributed by atoms with van der Waals surface area (Å²) < 4.78 is 0.788. The fourth-order valence-corrected chi connectivity index (χ4v) is 2.94. The van der Waals surface area contributed by atoms with Crippen molar-refractivity contribution in [3.05, 3.63) is 16.5 Å². The van der Waals surface area contributed by atoms with Gasteiger partial charge in [0.25, 0.3) is 0 Å². The Bertz CT molecular complexity index is 519. The minimum Gasteiger partial charge on any atom is -0.369 e. The fraction of sp³-hybridized carbons (Fsp3) is 0.667. The van der Waals surface area contributed by atoms with Crippen LogP contribution < -0.4 is 11.1 Å². The molecule has 21 heavy (non-hydrogen) atoms. The van der Waals surface area contributed by atoms with E-state index in [1.54, 1.807) is 0 Å². The van der Waals surface area contributed by atoms with E-state index in [1.165, 1.54) is 0 Å². The van der Waals surface area contributed by atoms with E-state index in [2.05, 4.69) is 52.0 Å². The van der Waals surface area contributed by atoms with Crippen LogP contribution in [0.2, 0.25) is 0 Å². The van der Waals surface area contributed by atoms with Crippen LogP contribution in [0.5, 0.6) is 0 Å². The van der Waals surface area contributed by atoms with Gasteiger partial charge in [-0.3, -0.25) is 4.79 Å². The molecular formula is C15H23BrN4O. The summed E-state index contributed by atoms with van der Waals surface area (Å²) in [6.45, 7) is 6.28. The molecule has 1 saturated carbocycles. The molecule has 5 nitrogen and oxygen atoms in total. The minimum atomic E-state index is -0.173. The van der Waals surface area contributed by atoms with Crippen LogP contribution >= 0.6 is 15.9 Å². The molecule has 116 valence electrons. The van der Waals surface area contributed by atoms with Gasteiger partial charge in [0.05, 0.1) is 0 Å². The SMILES string of the molecule is CC(C)(C)c1nc(Br)cc(NC2CCC(C(N)=O)CC2)n1. The summed E-state index contributed by atoms with van der Waals surface area (Å²) in [6, 6.07) is 2.24. The lowest BCUT2D eigenvalue weighted by Crippen LogP contribution is -2.32. The molecule has 1 aromatic rings. The molecular weight excluding hydrogens is 332 g/mol. The van der Waals surface area contributed by atoms with Crippen molar-refractivity contribution in [3.8, 4) is 0 Å². The molecule has 1 aliphatic rings. The van der Waals surface area contributed by atoms with E-state index in [9.17, 15) is 4.79 Å². The molecule has 1 heterocycles. The zero-order valence-corrected chi connectivity index (χ0v) is 14.4. The molecule has 1 fully saturated rings. The van der Waals surface area contributed by atoms with Gasteiger partial charge in [0.15, 0.2) is 0 Å². The van der Waals surface area contributed by atoms with Crippen LogP contribution in [0.3, 0.4) is 0 Å². The zero-order chi connectivity index (χ0) is 15.6. The Morgan fingerprint density at radius 1 is 1.29 bits per heavy atom. The average molecular weight is 355 g/mol. The second kappa shape index (κ2) is 6.30. The normalized spacial score (nSPS) is 22.9. The van der Waals surface area contributed by atoms with Crippen LogP contribution in [0.1, 0.15) is 52.3 Å². The first-order valence-electron chi connectivity index (χ1n) is 7.36. The summed E-state index contributed by atoms with van der Waals surface area (Å²) >= 11 is 3.45. The van der Waals surface area contributed by atoms with Crippen LogP contribution in [-0.4, -0.2) is 21.9 Å². The summed E-state index contributed by atoms with van der Waals surface area (Å²) in [4.78, 5) is 20.2. The van der Waals surface area contributed by atoms with Crippen molar-refractivity contribution in [1.29, 1.82) is 0 Å². The summed E-state index contributed by atoms with van der Waals surface area (Å²) in [5, 5.41) is 3.46. The van der Waals surface area contributed by atoms with Gasteiger partial charge in [0, 0.05) is 23.4 Å². The number of hydrogen-bond donors (Lipinski definition) is 2. The Kier molecular flexibility index (Phi) is 4.86. The average Bonchev–Trinajstić information content (AvgIpc) is 2.37. The maximum Gasteiger partial charge on any atom is 0.220 e. The molecule has 1 aliphatic carbocycles. The van der Waals surface area contributed by atoms with Crippen LogP contribution in [0, 0.1) is 5.92 Å². The Morgan fingerprint density at radius 3 is 2.43 bits per heavy atom. The van der Waals surface area contributed by atoms with Crippen molar-refractivity contribution < 1.29 is 4.79 Å². The number of hydrogen-bond acceptors (Lipinski definition) is 4. The zero-order valence-electron chi connectivity index (χ0n) is 12.8. The molecule has 0 saturated heterocycles. The van der Waals surface area contributed by atoms with Gasteiger partial charge in [0.1, 0.15) is 16.2 Å². The molecule has 1 aromatic heterocycles. The van der Waals surface area contributed by atoms with E-state index in [0.29, 0.717) is 6.04 Å². The van der Waals surface area contributed by atoms with Crippen LogP contribution in [0.25, 0.3) is 0 Å². The van der Waals surface area contributed by atoms with Crippen LogP contribution in [0.4, 0.5) is 5.82 Å². The molecule has 3 N–H and O–H groups in total. The van der Waals surface area contributed by atoms with Gasteiger partial charge in [-0.2, -0.15) is 0 Å². The molecule has 0 aliphatic heterocycles. The largest absolute Gasteiger partial charge is 0.369 e. The number of halogens is 1. The second-order valence-corrected chi connectivity index (χ2v) is 7.56. The van der Waals surface area contributed by atoms with Crippen molar-refractivity contribution >= 4 is 27.7 Å². The number of nitrogens with one attached hydrogen (secondary N) is 1. The molecule has 1 amide bonds. The molecule has 0 atom stereocenters. The second-order valence-electron chi connectivity index (χ2n) is 6.74. The lowest BCUT2D eigenvalue weighted by molar-refractivity contribution is -0.122. The minimum absolute atomic E-state index is 0.0327. The highest BCUT2D eigenvalue weighted by Gasteiger charge is 2.25. The fourth-order valence-electron chi connectivity index (χ4n) is 2.56. The Hall–Kier alpha value is -1.17. The van der Waals surface area contributed by atoms with Gasteiger partial charge >= 0.3 is 0 Å². The van der Waals surface area contributed by atoms with Crippen LogP contribution in [0.15, 0.2) is 10.7 Å². The first-order valence-corrected chi connectivity index (χ1v) is 8.16. The molecule has 6 heteroatoms. The monoisotopic (exact) mass is 354 g/mol. The maximum atomic E-state index is 11.2. The number of carbonyl (C=O) groups excluding carboxylic acids is 1. The summed E-state index contributed by atoms with van der Waals surface area (Å²) in [6.07, 6.45) is 3.59. The van der Waals surface area contributed by atoms with Gasteiger partial charge in [-0.25, -0.2) is 9.97 Å². The van der Waals surface area contributed by atoms with Gasteiger partial charge in [-0.05, 0) is 41.6 Å². The van der Waals surface area contributed by atoms with Crippen molar-refractivity contribution in [2.45, 2.75) is 57.9 Å². The van der Waals surface area contributed by atoms with Crippen molar-refractivity contribution in [3.63, 3.8) is 0 Å². The first-order chi connectivity index (χ1) is 9.75. The maximum absolute atomic E-state index is 11.2. The van der Waals surface area contributed by atoms with Crippen molar-refractivity contribution in [1.82, 2.24) is 9.97 Å². The van der Waals surface area contributed by atoms with E-state index in [-0.39, 0.29) is 17.2 Å². The molecule has 0 unspecified atom stereocenters. The van der Waals surface area contributed by atoms with Gasteiger partial charge in [-0.1, -0.05) is 20.8 Å². The predicted molar refractivity (Wildman–Crippen MR) is 87.0 cm³/mol. The van der Waals surface area contributed by atoms with Gasteiger partial charge in [-0.15, -0.1) is 0 Å². The highest BCUT2D eigenvalue weighted by Crippen LogP contribution is 2.27. The third-order valence-electron chi connectivity index (χ3n) is 3.85. The number of carbonyl (C=O) groups is 1. The van der Waals surface area contributed by atoms with Gasteiger partial charge in [0.2, 0.25) is 5.91 Å². The Balaban J connectivity index is 2.04. The van der Waals surface area contributed by atoms with E-state index >= 15 is 0 Å². The van der Waals surface area contributed by atoms with Crippen molar-refractivity contribution in [2.24, 2.45) is 11.7 Å². The number of nitrogens with two attached hydrogens (primary N) is 1. The lowest BCUT2D eigenvalue weighted by atomic mass is 9.85. The van der Waals surface area contributed by atoms with Crippen LogP contribution in [-0.2, 0) is 10.2 Å². The lowest BCUT2D eigenvalue weighted by Gasteiger charge is -2.28. The predicted octanol–water partition coefficient (Wildman–Crippen LogP) is 2.99. The number of amides is 1. The van der Waals surface area contributed by atoms with Gasteiger partial charge < -0.3 is 11.1 Å². The number of nitrogens with zero attached hydrogens (tertiary/aromatic N) is 2. The standard InChI is InChI=1S/C15H23BrN4O/c1-15(2,3)14-19-11(16)8-12(20-14)18-10-6-4-9(5-7-10)13(17)21/h8-10H,4-7H2,1-3H3,(H2,17,21)(H,18,19,20). The topological polar surface area (TPSA) is 80.9 Å². The molecule has 0 radical (unpaired) electrons. The van der Waals surface area contributed by atoms with E-state index < -0.39 is 0 Å². The Morgan fingerprint density at radius 2 is 1.90 bits per heavy atom. The smallest absolute Gasteiger partial charge is 0.220 e. The number of primary amides is 1. The van der Waals surface area contributed by atoms with E-state index in [4.69, 9.17) is 5.73 Å². The number of rotatable bonds is 3. The Labute approximate surface area is 134 Å². The van der Waals surface area contributed by atoms with E-state index in [1.807, 2.05) is 6.07 Å². The molecule has 0 bridgehead atoms.